The van der Waals surface area contributed by atoms with Gasteiger partial charge in [0.2, 0.25) is 5.91 Å². The highest BCUT2D eigenvalue weighted by Gasteiger charge is 2.46. The molecule has 0 aliphatic heterocycles. The van der Waals surface area contributed by atoms with Crippen LogP contribution in [0.4, 0.5) is 4.79 Å². The number of nitrogens with one attached hydrogen (secondary N) is 1. The Kier molecular flexibility index (Phi) is 6.40. The first-order valence-electron chi connectivity index (χ1n) is 11.5. The van der Waals surface area contributed by atoms with Gasteiger partial charge in [-0.25, -0.2) is 9.59 Å². The Morgan fingerprint density at radius 1 is 1.03 bits per heavy atom. The van der Waals surface area contributed by atoms with Crippen LogP contribution in [0.15, 0.2) is 48.5 Å². The average molecular weight is 451 g/mol. The van der Waals surface area contributed by atoms with E-state index < -0.39 is 29.6 Å². The van der Waals surface area contributed by atoms with Gasteiger partial charge < -0.3 is 20.1 Å². The molecule has 0 heterocycles. The molecule has 1 atom stereocenters. The Labute approximate surface area is 193 Å². The van der Waals surface area contributed by atoms with Crippen LogP contribution in [0.5, 0.6) is 0 Å². The molecule has 1 saturated carbocycles. The summed E-state index contributed by atoms with van der Waals surface area (Å²) in [6.07, 6.45) is 2.63. The smallest absolute Gasteiger partial charge is 0.407 e. The van der Waals surface area contributed by atoms with Crippen molar-refractivity contribution in [1.82, 2.24) is 10.2 Å². The number of carbonyl (C=O) groups is 3. The Balaban J connectivity index is 1.39. The van der Waals surface area contributed by atoms with Crippen molar-refractivity contribution in [3.05, 3.63) is 59.7 Å². The quantitative estimate of drug-likeness (QED) is 0.689. The third kappa shape index (κ3) is 4.19. The monoisotopic (exact) mass is 450 g/mol. The molecular formula is C26H30N2O5. The molecule has 4 rings (SSSR count). The summed E-state index contributed by atoms with van der Waals surface area (Å²) < 4.78 is 5.52. The molecule has 2 N–H and O–H groups in total. The molecule has 2 aliphatic rings. The highest BCUT2D eigenvalue weighted by atomic mass is 16.5. The minimum absolute atomic E-state index is 0.0747. The number of benzene rings is 2. The van der Waals surface area contributed by atoms with Crippen molar-refractivity contribution in [3.63, 3.8) is 0 Å². The first-order chi connectivity index (χ1) is 15.8. The van der Waals surface area contributed by atoms with Gasteiger partial charge in [-0.05, 0) is 42.0 Å². The Morgan fingerprint density at radius 3 is 2.12 bits per heavy atom. The molecular weight excluding hydrogens is 420 g/mol. The lowest BCUT2D eigenvalue weighted by Crippen LogP contribution is -2.60. The van der Waals surface area contributed by atoms with Crippen LogP contribution in [0, 0.1) is 0 Å². The summed E-state index contributed by atoms with van der Waals surface area (Å²) in [6, 6.07) is 15.2. The number of carboxylic acids is 1. The highest BCUT2D eigenvalue weighted by molar-refractivity contribution is 5.91. The molecule has 2 aromatic carbocycles. The Morgan fingerprint density at radius 2 is 1.58 bits per heavy atom. The third-order valence-corrected chi connectivity index (χ3v) is 7.10. The molecule has 0 bridgehead atoms. The predicted octanol–water partition coefficient (Wildman–Crippen LogP) is 4.16. The SMILES string of the molecule is C[C@@H](NC(=O)OCC1c2ccccc2-c2ccccc21)C(=O)N(C)C1(C(=O)O)CCCCC1. The number of likely N-dealkylation sites (N-methyl/N-ethyl adjacent to an activating group) is 1. The van der Waals surface area contributed by atoms with Crippen LogP contribution in [0.3, 0.4) is 0 Å². The van der Waals surface area contributed by atoms with Gasteiger partial charge in [0.15, 0.2) is 0 Å². The van der Waals surface area contributed by atoms with Crippen LogP contribution < -0.4 is 5.32 Å². The molecule has 0 radical (unpaired) electrons. The number of carbonyl (C=O) groups excluding carboxylic acids is 2. The third-order valence-electron chi connectivity index (χ3n) is 7.10. The molecule has 2 aromatic rings. The van der Waals surface area contributed by atoms with Crippen molar-refractivity contribution in [3.8, 4) is 11.1 Å². The van der Waals surface area contributed by atoms with Crippen molar-refractivity contribution >= 4 is 18.0 Å². The molecule has 0 aromatic heterocycles. The van der Waals surface area contributed by atoms with Crippen LogP contribution in [-0.2, 0) is 14.3 Å². The first-order valence-corrected chi connectivity index (χ1v) is 11.5. The van der Waals surface area contributed by atoms with Gasteiger partial charge in [-0.15, -0.1) is 0 Å². The van der Waals surface area contributed by atoms with Gasteiger partial charge in [-0.2, -0.15) is 0 Å². The van der Waals surface area contributed by atoms with Crippen molar-refractivity contribution in [2.24, 2.45) is 0 Å². The Bertz CT molecular complexity index is 1010. The maximum atomic E-state index is 13.0. The number of aliphatic carboxylic acids is 1. The summed E-state index contributed by atoms with van der Waals surface area (Å²) in [5, 5.41) is 12.4. The van der Waals surface area contributed by atoms with E-state index in [-0.39, 0.29) is 12.5 Å². The van der Waals surface area contributed by atoms with Crippen molar-refractivity contribution in [1.29, 1.82) is 0 Å². The van der Waals surface area contributed by atoms with E-state index in [9.17, 15) is 19.5 Å². The first kappa shape index (κ1) is 22.8. The average Bonchev–Trinajstić information content (AvgIpc) is 3.15. The van der Waals surface area contributed by atoms with Gasteiger partial charge in [-0.1, -0.05) is 67.8 Å². The van der Waals surface area contributed by atoms with Crippen LogP contribution in [0.2, 0.25) is 0 Å². The second-order valence-electron chi connectivity index (χ2n) is 8.99. The van der Waals surface area contributed by atoms with Gasteiger partial charge in [-0.3, -0.25) is 4.79 Å². The molecule has 0 spiro atoms. The predicted molar refractivity (Wildman–Crippen MR) is 124 cm³/mol. The van der Waals surface area contributed by atoms with Crippen LogP contribution >= 0.6 is 0 Å². The van der Waals surface area contributed by atoms with E-state index in [2.05, 4.69) is 17.4 Å². The highest BCUT2D eigenvalue weighted by Crippen LogP contribution is 2.44. The van der Waals surface area contributed by atoms with E-state index in [0.717, 1.165) is 41.5 Å². The number of carboxylic acid groups (broad SMARTS) is 1. The summed E-state index contributed by atoms with van der Waals surface area (Å²) in [5.41, 5.74) is 3.27. The van der Waals surface area contributed by atoms with Crippen LogP contribution in [0.1, 0.15) is 56.1 Å². The molecule has 7 nitrogen and oxygen atoms in total. The van der Waals surface area contributed by atoms with Crippen molar-refractivity contribution < 1.29 is 24.2 Å². The minimum atomic E-state index is -1.22. The lowest BCUT2D eigenvalue weighted by molar-refractivity contribution is -0.160. The van der Waals surface area contributed by atoms with Crippen LogP contribution in [-0.4, -0.2) is 53.2 Å². The molecule has 0 saturated heterocycles. The minimum Gasteiger partial charge on any atom is -0.479 e. The second-order valence-corrected chi connectivity index (χ2v) is 8.99. The molecule has 1 fully saturated rings. The van der Waals surface area contributed by atoms with E-state index in [1.165, 1.54) is 11.9 Å². The Hall–Kier alpha value is -3.35. The molecule has 33 heavy (non-hydrogen) atoms. The number of nitrogens with zero attached hydrogens (tertiary/aromatic N) is 1. The maximum absolute atomic E-state index is 13.0. The molecule has 2 amide bonds. The van der Waals surface area contributed by atoms with Gasteiger partial charge >= 0.3 is 12.1 Å². The molecule has 2 aliphatic carbocycles. The van der Waals surface area contributed by atoms with Gasteiger partial charge in [0.05, 0.1) is 0 Å². The zero-order valence-electron chi connectivity index (χ0n) is 19.0. The number of hydrogen-bond donors (Lipinski definition) is 2. The topological polar surface area (TPSA) is 95.9 Å². The lowest BCUT2D eigenvalue weighted by Gasteiger charge is -2.41. The standard InChI is InChI=1S/C26H30N2O5/c1-17(23(29)28(2)26(24(30)31)14-8-3-9-15-26)27-25(32)33-16-22-20-12-6-4-10-18(20)19-11-5-7-13-21(19)22/h4-7,10-13,17,22H,3,8-9,14-16H2,1-2H3,(H,27,32)(H,30,31)/t17-/m1/s1. The number of ether oxygens (including phenoxy) is 1. The van der Waals surface area contributed by atoms with E-state index in [0.29, 0.717) is 12.8 Å². The maximum Gasteiger partial charge on any atom is 0.407 e. The summed E-state index contributed by atoms with van der Waals surface area (Å²) in [4.78, 5) is 38.8. The molecule has 7 heteroatoms. The number of alkyl carbamates (subject to hydrolysis) is 1. The number of fused-ring (bicyclic) bond motifs is 3. The van der Waals surface area contributed by atoms with E-state index in [1.54, 1.807) is 6.92 Å². The summed E-state index contributed by atoms with van der Waals surface area (Å²) >= 11 is 0. The number of rotatable bonds is 6. The van der Waals surface area contributed by atoms with Gasteiger partial charge in [0, 0.05) is 13.0 Å². The molecule has 0 unspecified atom stereocenters. The zero-order chi connectivity index (χ0) is 23.6. The largest absolute Gasteiger partial charge is 0.479 e. The lowest BCUT2D eigenvalue weighted by atomic mass is 9.80. The zero-order valence-corrected chi connectivity index (χ0v) is 19.0. The second kappa shape index (κ2) is 9.25. The molecule has 174 valence electrons. The fourth-order valence-electron chi connectivity index (χ4n) is 5.21. The van der Waals surface area contributed by atoms with Crippen molar-refractivity contribution in [2.45, 2.75) is 56.5 Å². The van der Waals surface area contributed by atoms with Gasteiger partial charge in [0.25, 0.3) is 0 Å². The number of hydrogen-bond acceptors (Lipinski definition) is 4. The van der Waals surface area contributed by atoms with Crippen molar-refractivity contribution in [2.75, 3.05) is 13.7 Å². The normalized spacial score (nSPS) is 17.4. The summed E-state index contributed by atoms with van der Waals surface area (Å²) in [6.45, 7) is 1.70. The fourth-order valence-corrected chi connectivity index (χ4v) is 5.21. The summed E-state index contributed by atoms with van der Waals surface area (Å²) in [5.74, 6) is -1.51. The van der Waals surface area contributed by atoms with Gasteiger partial charge in [0.1, 0.15) is 18.2 Å². The van der Waals surface area contributed by atoms with E-state index >= 15 is 0 Å². The number of amides is 2. The van der Waals surface area contributed by atoms with Crippen LogP contribution in [0.25, 0.3) is 11.1 Å². The fraction of sp³-hybridized carbons (Fsp3) is 0.423. The summed E-state index contributed by atoms with van der Waals surface area (Å²) in [7, 11) is 1.51. The van der Waals surface area contributed by atoms with E-state index in [1.807, 2.05) is 36.4 Å². The van der Waals surface area contributed by atoms with E-state index in [4.69, 9.17) is 4.74 Å².